The van der Waals surface area contributed by atoms with Crippen molar-refractivity contribution in [1.29, 1.82) is 0 Å². The van der Waals surface area contributed by atoms with Crippen LogP contribution in [0.5, 0.6) is 34.9 Å². The zero-order valence-corrected chi connectivity index (χ0v) is 11.4. The summed E-state index contributed by atoms with van der Waals surface area (Å²) in [7, 11) is 0. The molecule has 2 N–H and O–H groups in total. The maximum Gasteiger partial charge on any atom is 0.325 e. The van der Waals surface area contributed by atoms with Gasteiger partial charge in [-0.05, 0) is 48.5 Å². The van der Waals surface area contributed by atoms with Crippen molar-refractivity contribution in [3.63, 3.8) is 0 Å². The van der Waals surface area contributed by atoms with Crippen LogP contribution in [0.2, 0.25) is 0 Å². The first kappa shape index (κ1) is 13.7. The third kappa shape index (κ3) is 3.43. The largest absolute Gasteiger partial charge is 0.508 e. The van der Waals surface area contributed by atoms with Gasteiger partial charge in [0, 0.05) is 12.3 Å². The summed E-state index contributed by atoms with van der Waals surface area (Å²) >= 11 is 0. The van der Waals surface area contributed by atoms with Crippen LogP contribution in [-0.4, -0.2) is 20.2 Å². The quantitative estimate of drug-likeness (QED) is 0.766. The van der Waals surface area contributed by atoms with E-state index >= 15 is 0 Å². The predicted octanol–water partition coefficient (Wildman–Crippen LogP) is 3.47. The highest BCUT2D eigenvalue weighted by atomic mass is 16.5. The van der Waals surface area contributed by atoms with Crippen molar-refractivity contribution in [2.24, 2.45) is 0 Å². The zero-order chi connectivity index (χ0) is 15.4. The first-order valence-electron chi connectivity index (χ1n) is 6.46. The first-order chi connectivity index (χ1) is 10.7. The van der Waals surface area contributed by atoms with E-state index in [1.807, 2.05) is 0 Å². The lowest BCUT2D eigenvalue weighted by Crippen LogP contribution is -1.94. The standard InChI is InChI=1S/C16H12N2O4/c19-11-1-5-13(6-2-11)21-15-9-10-17-16(18-15)22-14-7-3-12(20)4-8-14/h1-10,19-20H. The highest BCUT2D eigenvalue weighted by molar-refractivity contribution is 5.34. The summed E-state index contributed by atoms with van der Waals surface area (Å²) in [4.78, 5) is 8.12. The van der Waals surface area contributed by atoms with Gasteiger partial charge >= 0.3 is 6.01 Å². The van der Waals surface area contributed by atoms with Crippen LogP contribution in [0.15, 0.2) is 60.8 Å². The number of hydrogen-bond acceptors (Lipinski definition) is 6. The number of hydrogen-bond donors (Lipinski definition) is 2. The molecule has 6 nitrogen and oxygen atoms in total. The van der Waals surface area contributed by atoms with Gasteiger partial charge in [0.05, 0.1) is 0 Å². The number of aromatic hydroxyl groups is 2. The molecular formula is C16H12N2O4. The van der Waals surface area contributed by atoms with Gasteiger partial charge in [-0.15, -0.1) is 0 Å². The SMILES string of the molecule is Oc1ccc(Oc2ccnc(Oc3ccc(O)cc3)n2)cc1. The molecule has 0 saturated heterocycles. The molecule has 3 aromatic rings. The average Bonchev–Trinajstić information content (AvgIpc) is 2.52. The normalized spacial score (nSPS) is 10.2. The Morgan fingerprint density at radius 1 is 0.682 bits per heavy atom. The van der Waals surface area contributed by atoms with E-state index in [4.69, 9.17) is 9.47 Å². The Kier molecular flexibility index (Phi) is 3.74. The second kappa shape index (κ2) is 6.01. The fraction of sp³-hybridized carbons (Fsp3) is 0. The van der Waals surface area contributed by atoms with E-state index in [0.29, 0.717) is 17.4 Å². The van der Waals surface area contributed by atoms with Crippen molar-refractivity contribution >= 4 is 0 Å². The van der Waals surface area contributed by atoms with Crippen LogP contribution >= 0.6 is 0 Å². The molecule has 1 heterocycles. The maximum atomic E-state index is 9.23. The summed E-state index contributed by atoms with van der Waals surface area (Å²) in [5, 5.41) is 18.5. The van der Waals surface area contributed by atoms with E-state index in [-0.39, 0.29) is 17.5 Å². The van der Waals surface area contributed by atoms with Gasteiger partial charge in [-0.3, -0.25) is 0 Å². The molecule has 1 aromatic heterocycles. The Labute approximate surface area is 126 Å². The molecule has 0 aliphatic carbocycles. The van der Waals surface area contributed by atoms with Crippen LogP contribution < -0.4 is 9.47 Å². The summed E-state index contributed by atoms with van der Waals surface area (Å²) in [6, 6.07) is 14.2. The minimum absolute atomic E-state index is 0.127. The molecule has 2 aromatic carbocycles. The molecule has 6 heteroatoms. The highest BCUT2D eigenvalue weighted by Gasteiger charge is 2.04. The minimum Gasteiger partial charge on any atom is -0.508 e. The van der Waals surface area contributed by atoms with Crippen molar-refractivity contribution in [2.75, 3.05) is 0 Å². The van der Waals surface area contributed by atoms with Gasteiger partial charge in [0.2, 0.25) is 5.88 Å². The van der Waals surface area contributed by atoms with Crippen molar-refractivity contribution in [2.45, 2.75) is 0 Å². The number of benzene rings is 2. The molecule has 0 amide bonds. The lowest BCUT2D eigenvalue weighted by Gasteiger charge is -2.07. The Morgan fingerprint density at radius 2 is 1.23 bits per heavy atom. The highest BCUT2D eigenvalue weighted by Crippen LogP contribution is 2.25. The van der Waals surface area contributed by atoms with Crippen molar-refractivity contribution in [3.05, 3.63) is 60.8 Å². The summed E-state index contributed by atoms with van der Waals surface area (Å²) in [6.45, 7) is 0. The lowest BCUT2D eigenvalue weighted by molar-refractivity contribution is 0.409. The predicted molar refractivity (Wildman–Crippen MR) is 78.4 cm³/mol. The number of rotatable bonds is 4. The molecule has 0 radical (unpaired) electrons. The monoisotopic (exact) mass is 296 g/mol. The molecule has 0 saturated carbocycles. The molecule has 0 unspecified atom stereocenters. The smallest absolute Gasteiger partial charge is 0.325 e. The van der Waals surface area contributed by atoms with Crippen LogP contribution in [-0.2, 0) is 0 Å². The molecule has 0 aliphatic heterocycles. The van der Waals surface area contributed by atoms with Gasteiger partial charge < -0.3 is 19.7 Å². The fourth-order valence-electron chi connectivity index (χ4n) is 1.69. The third-order valence-electron chi connectivity index (χ3n) is 2.71. The van der Waals surface area contributed by atoms with E-state index < -0.39 is 0 Å². The van der Waals surface area contributed by atoms with Crippen LogP contribution in [0.4, 0.5) is 0 Å². The second-order valence-electron chi connectivity index (χ2n) is 4.37. The Hall–Kier alpha value is -3.28. The van der Waals surface area contributed by atoms with Crippen molar-refractivity contribution in [3.8, 4) is 34.9 Å². The van der Waals surface area contributed by atoms with E-state index in [1.165, 1.54) is 30.5 Å². The molecule has 0 bridgehead atoms. The molecule has 3 rings (SSSR count). The van der Waals surface area contributed by atoms with Gasteiger partial charge in [0.1, 0.15) is 23.0 Å². The Balaban J connectivity index is 1.74. The summed E-state index contributed by atoms with van der Waals surface area (Å²) < 4.78 is 11.0. The number of phenols is 2. The minimum atomic E-state index is 0.127. The molecule has 0 aliphatic rings. The van der Waals surface area contributed by atoms with Crippen LogP contribution in [0, 0.1) is 0 Å². The summed E-state index contributed by atoms with van der Waals surface area (Å²) in [5.74, 6) is 1.66. The second-order valence-corrected chi connectivity index (χ2v) is 4.37. The molecule has 22 heavy (non-hydrogen) atoms. The lowest BCUT2D eigenvalue weighted by atomic mass is 10.3. The van der Waals surface area contributed by atoms with Crippen molar-refractivity contribution in [1.82, 2.24) is 9.97 Å². The molecule has 0 atom stereocenters. The van der Waals surface area contributed by atoms with E-state index in [0.717, 1.165) is 0 Å². The van der Waals surface area contributed by atoms with Gasteiger partial charge in [-0.1, -0.05) is 0 Å². The molecule has 110 valence electrons. The first-order valence-corrected chi connectivity index (χ1v) is 6.46. The van der Waals surface area contributed by atoms with Gasteiger partial charge in [0.25, 0.3) is 0 Å². The number of aromatic nitrogens is 2. The van der Waals surface area contributed by atoms with Crippen LogP contribution in [0.25, 0.3) is 0 Å². The van der Waals surface area contributed by atoms with E-state index in [2.05, 4.69) is 9.97 Å². The van der Waals surface area contributed by atoms with E-state index in [9.17, 15) is 10.2 Å². The molecule has 0 fully saturated rings. The van der Waals surface area contributed by atoms with Gasteiger partial charge in [0.15, 0.2) is 0 Å². The fourth-order valence-corrected chi connectivity index (χ4v) is 1.69. The maximum absolute atomic E-state index is 9.23. The van der Waals surface area contributed by atoms with Gasteiger partial charge in [-0.2, -0.15) is 4.98 Å². The number of ether oxygens (including phenoxy) is 2. The third-order valence-corrected chi connectivity index (χ3v) is 2.71. The summed E-state index contributed by atoms with van der Waals surface area (Å²) in [6.07, 6.45) is 1.51. The Bertz CT molecular complexity index is 695. The number of phenolic OH excluding ortho intramolecular Hbond substituents is 2. The van der Waals surface area contributed by atoms with Gasteiger partial charge in [-0.25, -0.2) is 4.98 Å². The Morgan fingerprint density at radius 3 is 1.82 bits per heavy atom. The average molecular weight is 296 g/mol. The van der Waals surface area contributed by atoms with Crippen LogP contribution in [0.1, 0.15) is 0 Å². The van der Waals surface area contributed by atoms with Crippen molar-refractivity contribution < 1.29 is 19.7 Å². The molecular weight excluding hydrogens is 284 g/mol. The van der Waals surface area contributed by atoms with E-state index in [1.54, 1.807) is 30.3 Å². The topological polar surface area (TPSA) is 84.7 Å². The zero-order valence-electron chi connectivity index (χ0n) is 11.4. The summed E-state index contributed by atoms with van der Waals surface area (Å²) in [5.41, 5.74) is 0. The number of nitrogens with zero attached hydrogens (tertiary/aromatic N) is 2. The molecule has 0 spiro atoms. The van der Waals surface area contributed by atoms with Crippen LogP contribution in [0.3, 0.4) is 0 Å².